The molecule has 4 nitrogen and oxygen atoms in total. The Labute approximate surface area is 140 Å². The molecule has 2 atom stereocenters. The largest absolute Gasteiger partial charge is 0.478 e. The van der Waals surface area contributed by atoms with Crippen LogP contribution in [0.1, 0.15) is 70.9 Å². The molecular weight excluding hydrogens is 288 g/mol. The first-order chi connectivity index (χ1) is 11.1. The van der Waals surface area contributed by atoms with E-state index < -0.39 is 0 Å². The summed E-state index contributed by atoms with van der Waals surface area (Å²) in [5, 5.41) is 0. The van der Waals surface area contributed by atoms with Crippen molar-refractivity contribution in [3.8, 4) is 5.75 Å². The SMILES string of the molecule is CCCCCN1C(=O)C(CC)Oc2ccc(C(N)CCC)cc21. The van der Waals surface area contributed by atoms with Crippen LogP contribution in [-0.2, 0) is 4.79 Å². The highest BCUT2D eigenvalue weighted by Gasteiger charge is 2.33. The van der Waals surface area contributed by atoms with E-state index in [1.165, 1.54) is 0 Å². The quantitative estimate of drug-likeness (QED) is 0.732. The fourth-order valence-corrected chi connectivity index (χ4v) is 3.06. The number of nitrogens with zero attached hydrogens (tertiary/aromatic N) is 1. The van der Waals surface area contributed by atoms with E-state index in [4.69, 9.17) is 10.5 Å². The molecule has 2 unspecified atom stereocenters. The zero-order chi connectivity index (χ0) is 16.8. The number of carbonyl (C=O) groups excluding carboxylic acids is 1. The van der Waals surface area contributed by atoms with Gasteiger partial charge in [-0.15, -0.1) is 0 Å². The zero-order valence-corrected chi connectivity index (χ0v) is 14.7. The van der Waals surface area contributed by atoms with Crippen molar-refractivity contribution in [3.63, 3.8) is 0 Å². The summed E-state index contributed by atoms with van der Waals surface area (Å²) in [5.41, 5.74) is 8.22. The highest BCUT2D eigenvalue weighted by atomic mass is 16.5. The van der Waals surface area contributed by atoms with Crippen LogP contribution in [0, 0.1) is 0 Å². The van der Waals surface area contributed by atoms with Crippen molar-refractivity contribution in [3.05, 3.63) is 23.8 Å². The van der Waals surface area contributed by atoms with Crippen LogP contribution in [0.2, 0.25) is 0 Å². The van der Waals surface area contributed by atoms with Gasteiger partial charge < -0.3 is 15.4 Å². The van der Waals surface area contributed by atoms with Crippen LogP contribution in [0.3, 0.4) is 0 Å². The molecule has 2 rings (SSSR count). The Morgan fingerprint density at radius 3 is 2.65 bits per heavy atom. The molecular formula is C19H30N2O2. The van der Waals surface area contributed by atoms with Gasteiger partial charge in [-0.2, -0.15) is 0 Å². The Morgan fingerprint density at radius 1 is 1.22 bits per heavy atom. The Morgan fingerprint density at radius 2 is 2.00 bits per heavy atom. The van der Waals surface area contributed by atoms with E-state index in [1.54, 1.807) is 0 Å². The fourth-order valence-electron chi connectivity index (χ4n) is 3.06. The first-order valence-corrected chi connectivity index (χ1v) is 8.99. The second-order valence-corrected chi connectivity index (χ2v) is 6.33. The molecule has 128 valence electrons. The predicted octanol–water partition coefficient (Wildman–Crippen LogP) is 4.18. The van der Waals surface area contributed by atoms with Crippen LogP contribution in [0.4, 0.5) is 5.69 Å². The number of ether oxygens (including phenoxy) is 1. The highest BCUT2D eigenvalue weighted by Crippen LogP contribution is 2.37. The van der Waals surface area contributed by atoms with Gasteiger partial charge in [0.15, 0.2) is 6.10 Å². The first kappa shape index (κ1) is 17.8. The molecule has 0 fully saturated rings. The topological polar surface area (TPSA) is 55.6 Å². The van der Waals surface area contributed by atoms with Crippen molar-refractivity contribution in [2.45, 2.75) is 71.4 Å². The van der Waals surface area contributed by atoms with Gasteiger partial charge in [0, 0.05) is 12.6 Å². The minimum atomic E-state index is -0.362. The maximum absolute atomic E-state index is 12.7. The van der Waals surface area contributed by atoms with Gasteiger partial charge in [-0.25, -0.2) is 0 Å². The maximum Gasteiger partial charge on any atom is 0.268 e. The summed E-state index contributed by atoms with van der Waals surface area (Å²) in [5.74, 6) is 0.887. The molecule has 0 radical (unpaired) electrons. The number of nitrogens with two attached hydrogens (primary N) is 1. The van der Waals surface area contributed by atoms with E-state index in [0.717, 1.165) is 55.6 Å². The Hall–Kier alpha value is -1.55. The van der Waals surface area contributed by atoms with Crippen molar-refractivity contribution in [1.82, 2.24) is 0 Å². The van der Waals surface area contributed by atoms with Crippen LogP contribution >= 0.6 is 0 Å². The third-order valence-electron chi connectivity index (χ3n) is 4.47. The van der Waals surface area contributed by atoms with Gasteiger partial charge >= 0.3 is 0 Å². The second-order valence-electron chi connectivity index (χ2n) is 6.33. The third kappa shape index (κ3) is 4.05. The van der Waals surface area contributed by atoms with E-state index in [2.05, 4.69) is 13.8 Å². The minimum Gasteiger partial charge on any atom is -0.478 e. The van der Waals surface area contributed by atoms with E-state index in [1.807, 2.05) is 30.0 Å². The van der Waals surface area contributed by atoms with Crippen LogP contribution < -0.4 is 15.4 Å². The summed E-state index contributed by atoms with van der Waals surface area (Å²) in [7, 11) is 0. The van der Waals surface area contributed by atoms with Crippen molar-refractivity contribution in [2.75, 3.05) is 11.4 Å². The summed E-state index contributed by atoms with van der Waals surface area (Å²) >= 11 is 0. The van der Waals surface area contributed by atoms with Crippen LogP contribution in [0.25, 0.3) is 0 Å². The zero-order valence-electron chi connectivity index (χ0n) is 14.7. The summed E-state index contributed by atoms with van der Waals surface area (Å²) < 4.78 is 5.89. The molecule has 2 N–H and O–H groups in total. The second kappa shape index (κ2) is 8.34. The van der Waals surface area contributed by atoms with Gasteiger partial charge in [0.25, 0.3) is 5.91 Å². The van der Waals surface area contributed by atoms with E-state index in [0.29, 0.717) is 6.42 Å². The first-order valence-electron chi connectivity index (χ1n) is 8.99. The molecule has 0 aromatic heterocycles. The number of unbranched alkanes of at least 4 members (excludes halogenated alkanes) is 2. The molecule has 23 heavy (non-hydrogen) atoms. The monoisotopic (exact) mass is 318 g/mol. The molecule has 4 heteroatoms. The predicted molar refractivity (Wildman–Crippen MR) is 94.9 cm³/mol. The van der Waals surface area contributed by atoms with Crippen molar-refractivity contribution >= 4 is 11.6 Å². The lowest BCUT2D eigenvalue weighted by Gasteiger charge is -2.34. The van der Waals surface area contributed by atoms with Gasteiger partial charge in [-0.1, -0.05) is 46.1 Å². The molecule has 0 saturated carbocycles. The number of anilines is 1. The summed E-state index contributed by atoms with van der Waals surface area (Å²) in [6.45, 7) is 7.05. The molecule has 1 heterocycles. The number of benzene rings is 1. The summed E-state index contributed by atoms with van der Waals surface area (Å²) in [4.78, 5) is 14.6. The van der Waals surface area contributed by atoms with Crippen LogP contribution in [0.5, 0.6) is 5.75 Å². The average Bonchev–Trinajstić information content (AvgIpc) is 2.56. The molecule has 1 aliphatic heterocycles. The van der Waals surface area contributed by atoms with E-state index in [-0.39, 0.29) is 18.1 Å². The number of hydrogen-bond donors (Lipinski definition) is 1. The van der Waals surface area contributed by atoms with Gasteiger partial charge in [0.2, 0.25) is 0 Å². The molecule has 0 spiro atoms. The van der Waals surface area contributed by atoms with Crippen molar-refractivity contribution in [2.24, 2.45) is 5.73 Å². The minimum absolute atomic E-state index is 0.0155. The number of rotatable bonds is 8. The lowest BCUT2D eigenvalue weighted by molar-refractivity contribution is -0.126. The number of carbonyl (C=O) groups is 1. The smallest absolute Gasteiger partial charge is 0.268 e. The lowest BCUT2D eigenvalue weighted by atomic mass is 10.0. The lowest BCUT2D eigenvalue weighted by Crippen LogP contribution is -2.46. The molecule has 1 aromatic rings. The van der Waals surface area contributed by atoms with Gasteiger partial charge in [-0.3, -0.25) is 4.79 Å². The highest BCUT2D eigenvalue weighted by molar-refractivity contribution is 6.00. The molecule has 1 aromatic carbocycles. The summed E-state index contributed by atoms with van der Waals surface area (Å²) in [6, 6.07) is 6.07. The van der Waals surface area contributed by atoms with Gasteiger partial charge in [0.1, 0.15) is 5.75 Å². The number of fused-ring (bicyclic) bond motifs is 1. The number of hydrogen-bond acceptors (Lipinski definition) is 3. The molecule has 0 aliphatic carbocycles. The average molecular weight is 318 g/mol. The Balaban J connectivity index is 2.30. The van der Waals surface area contributed by atoms with Gasteiger partial charge in [0.05, 0.1) is 5.69 Å². The number of amides is 1. The van der Waals surface area contributed by atoms with Crippen LogP contribution in [-0.4, -0.2) is 18.6 Å². The molecule has 0 bridgehead atoms. The van der Waals surface area contributed by atoms with Crippen LogP contribution in [0.15, 0.2) is 18.2 Å². The molecule has 1 aliphatic rings. The standard InChI is InChI=1S/C19H30N2O2/c1-4-7-8-12-21-16-13-14(15(20)9-5-2)10-11-18(16)23-17(6-3)19(21)22/h10-11,13,15,17H,4-9,12,20H2,1-3H3. The Kier molecular flexibility index (Phi) is 6.46. The maximum atomic E-state index is 12.7. The molecule has 1 amide bonds. The normalized spacial score (nSPS) is 18.5. The van der Waals surface area contributed by atoms with E-state index >= 15 is 0 Å². The summed E-state index contributed by atoms with van der Waals surface area (Å²) in [6.07, 6.45) is 5.62. The van der Waals surface area contributed by atoms with E-state index in [9.17, 15) is 4.79 Å². The molecule has 0 saturated heterocycles. The Bertz CT molecular complexity index is 530. The fraction of sp³-hybridized carbons (Fsp3) is 0.632. The van der Waals surface area contributed by atoms with Crippen molar-refractivity contribution < 1.29 is 9.53 Å². The van der Waals surface area contributed by atoms with Gasteiger partial charge in [-0.05, 0) is 37.0 Å². The van der Waals surface area contributed by atoms with Crippen molar-refractivity contribution in [1.29, 1.82) is 0 Å². The third-order valence-corrected chi connectivity index (χ3v) is 4.47.